The van der Waals surface area contributed by atoms with E-state index in [2.05, 4.69) is 0 Å². The summed E-state index contributed by atoms with van der Waals surface area (Å²) in [5.74, 6) is 0.378. The molecular weight excluding hydrogens is 412 g/mol. The molecule has 4 N–H and O–H groups in total. The topological polar surface area (TPSA) is 117 Å². The third-order valence-electron chi connectivity index (χ3n) is 4.73. The van der Waals surface area contributed by atoms with Gasteiger partial charge in [-0.3, -0.25) is 20.0 Å². The highest BCUT2D eigenvalue weighted by atomic mass is 16.5. The molecule has 2 amide bonds. The Kier molecular flexibility index (Phi) is 8.19. The molecular formula is C24H24N2O6. The molecule has 32 heavy (non-hydrogen) atoms. The summed E-state index contributed by atoms with van der Waals surface area (Å²) >= 11 is 0. The lowest BCUT2D eigenvalue weighted by Crippen LogP contribution is -2.20. The van der Waals surface area contributed by atoms with E-state index in [9.17, 15) is 9.59 Å². The summed E-state index contributed by atoms with van der Waals surface area (Å²) in [7, 11) is 0. The van der Waals surface area contributed by atoms with E-state index in [1.165, 1.54) is 0 Å². The van der Waals surface area contributed by atoms with Gasteiger partial charge in [-0.05, 0) is 46.5 Å². The molecule has 0 spiro atoms. The fraction of sp³-hybridized carbons (Fsp3) is 0.167. The summed E-state index contributed by atoms with van der Waals surface area (Å²) in [6, 6.07) is 22.0. The van der Waals surface area contributed by atoms with Gasteiger partial charge in [0.25, 0.3) is 0 Å². The molecule has 0 aliphatic carbocycles. The van der Waals surface area contributed by atoms with Crippen LogP contribution in [-0.2, 0) is 35.6 Å². The average Bonchev–Trinajstić information content (AvgIpc) is 2.83. The largest absolute Gasteiger partial charge is 0.489 e. The van der Waals surface area contributed by atoms with Gasteiger partial charge in [-0.1, -0.05) is 48.5 Å². The smallest absolute Gasteiger partial charge is 0.247 e. The van der Waals surface area contributed by atoms with Crippen molar-refractivity contribution in [1.82, 2.24) is 11.0 Å². The molecule has 0 aliphatic heterocycles. The van der Waals surface area contributed by atoms with Gasteiger partial charge < -0.3 is 9.47 Å². The predicted molar refractivity (Wildman–Crippen MR) is 115 cm³/mol. The molecule has 8 heteroatoms. The number of ether oxygens (including phenoxy) is 2. The molecule has 0 bridgehead atoms. The SMILES string of the molecule is O=C(Cc1ccc(OCc2ccccc2COc2ccc(CC(=O)NO)cc2)cc1)NO. The molecule has 8 nitrogen and oxygen atoms in total. The van der Waals surface area contributed by atoms with Crippen LogP contribution in [0.4, 0.5) is 0 Å². The summed E-state index contributed by atoms with van der Waals surface area (Å²) in [4.78, 5) is 22.4. The van der Waals surface area contributed by atoms with Crippen molar-refractivity contribution in [3.63, 3.8) is 0 Å². The Morgan fingerprint density at radius 2 is 1.00 bits per heavy atom. The normalized spacial score (nSPS) is 10.3. The Balaban J connectivity index is 1.55. The molecule has 0 saturated heterocycles. The Bertz CT molecular complexity index is 951. The standard InChI is InChI=1S/C24H24N2O6/c27-23(25-29)13-17-5-9-21(10-6-17)31-15-19-3-1-2-4-20(19)16-32-22-11-7-18(8-12-22)14-24(28)26-30/h1-12,29-30H,13-16H2,(H,25,27)(H,26,28). The van der Waals surface area contributed by atoms with Crippen LogP contribution in [0, 0.1) is 0 Å². The first-order valence-electron chi connectivity index (χ1n) is 9.93. The fourth-order valence-electron chi connectivity index (χ4n) is 3.02. The molecule has 0 heterocycles. The van der Waals surface area contributed by atoms with Gasteiger partial charge in [0.15, 0.2) is 0 Å². The van der Waals surface area contributed by atoms with Gasteiger partial charge in [0, 0.05) is 0 Å². The highest BCUT2D eigenvalue weighted by Gasteiger charge is 2.07. The first kappa shape index (κ1) is 22.8. The number of hydrogen-bond acceptors (Lipinski definition) is 6. The number of amides is 2. The van der Waals surface area contributed by atoms with E-state index in [4.69, 9.17) is 19.9 Å². The lowest BCUT2D eigenvalue weighted by molar-refractivity contribution is -0.129. The second-order valence-electron chi connectivity index (χ2n) is 7.06. The average molecular weight is 436 g/mol. The Morgan fingerprint density at radius 3 is 1.34 bits per heavy atom. The van der Waals surface area contributed by atoms with Crippen LogP contribution in [-0.4, -0.2) is 22.2 Å². The number of benzene rings is 3. The Hall–Kier alpha value is -3.88. The van der Waals surface area contributed by atoms with Gasteiger partial charge in [0.2, 0.25) is 11.8 Å². The van der Waals surface area contributed by atoms with Crippen LogP contribution in [0.15, 0.2) is 72.8 Å². The van der Waals surface area contributed by atoms with Crippen LogP contribution in [0.1, 0.15) is 22.3 Å². The quantitative estimate of drug-likeness (QED) is 0.287. The third-order valence-corrected chi connectivity index (χ3v) is 4.73. The first-order chi connectivity index (χ1) is 15.6. The minimum absolute atomic E-state index is 0.0898. The molecule has 0 aliphatic rings. The molecule has 0 unspecified atom stereocenters. The first-order valence-corrected chi connectivity index (χ1v) is 9.93. The zero-order chi connectivity index (χ0) is 22.8. The van der Waals surface area contributed by atoms with Crippen molar-refractivity contribution in [2.75, 3.05) is 0 Å². The van der Waals surface area contributed by atoms with Crippen molar-refractivity contribution >= 4 is 11.8 Å². The van der Waals surface area contributed by atoms with E-state index < -0.39 is 11.8 Å². The van der Waals surface area contributed by atoms with E-state index in [1.54, 1.807) is 59.5 Å². The lowest BCUT2D eigenvalue weighted by atomic mass is 10.1. The van der Waals surface area contributed by atoms with Crippen molar-refractivity contribution < 1.29 is 29.5 Å². The third kappa shape index (κ3) is 6.83. The van der Waals surface area contributed by atoms with Crippen molar-refractivity contribution in [3.05, 3.63) is 95.1 Å². The van der Waals surface area contributed by atoms with Gasteiger partial charge in [0.1, 0.15) is 24.7 Å². The van der Waals surface area contributed by atoms with Crippen LogP contribution < -0.4 is 20.4 Å². The second-order valence-corrected chi connectivity index (χ2v) is 7.06. The van der Waals surface area contributed by atoms with E-state index in [0.717, 1.165) is 22.3 Å². The number of hydroxylamine groups is 2. The van der Waals surface area contributed by atoms with Crippen molar-refractivity contribution in [2.45, 2.75) is 26.1 Å². The summed E-state index contributed by atoms with van der Waals surface area (Å²) in [6.45, 7) is 0.705. The number of carbonyl (C=O) groups excluding carboxylic acids is 2. The van der Waals surface area contributed by atoms with E-state index >= 15 is 0 Å². The van der Waals surface area contributed by atoms with Crippen LogP contribution in [0.2, 0.25) is 0 Å². The fourth-order valence-corrected chi connectivity index (χ4v) is 3.02. The molecule has 0 aromatic heterocycles. The predicted octanol–water partition coefficient (Wildman–Crippen LogP) is 2.94. The maximum absolute atomic E-state index is 11.2. The Morgan fingerprint density at radius 1 is 0.625 bits per heavy atom. The highest BCUT2D eigenvalue weighted by molar-refractivity contribution is 5.77. The van der Waals surface area contributed by atoms with Crippen molar-refractivity contribution in [2.24, 2.45) is 0 Å². The second kappa shape index (κ2) is 11.5. The van der Waals surface area contributed by atoms with E-state index in [0.29, 0.717) is 24.7 Å². The molecule has 0 saturated carbocycles. The summed E-state index contributed by atoms with van der Waals surface area (Å²) in [5, 5.41) is 17.2. The molecule has 0 atom stereocenters. The van der Waals surface area contributed by atoms with Gasteiger partial charge >= 0.3 is 0 Å². The molecule has 0 radical (unpaired) electrons. The van der Waals surface area contributed by atoms with Crippen LogP contribution in [0.25, 0.3) is 0 Å². The minimum Gasteiger partial charge on any atom is -0.489 e. The maximum Gasteiger partial charge on any atom is 0.247 e. The van der Waals surface area contributed by atoms with Gasteiger partial charge in [-0.25, -0.2) is 11.0 Å². The minimum atomic E-state index is -0.474. The van der Waals surface area contributed by atoms with Crippen molar-refractivity contribution in [1.29, 1.82) is 0 Å². The Labute approximate surface area is 185 Å². The van der Waals surface area contributed by atoms with Crippen molar-refractivity contribution in [3.8, 4) is 11.5 Å². The number of nitrogens with one attached hydrogen (secondary N) is 2. The van der Waals surface area contributed by atoms with Gasteiger partial charge in [-0.15, -0.1) is 0 Å². The molecule has 0 fully saturated rings. The zero-order valence-corrected chi connectivity index (χ0v) is 17.3. The molecule has 3 rings (SSSR count). The van der Waals surface area contributed by atoms with E-state index in [-0.39, 0.29) is 12.8 Å². The van der Waals surface area contributed by atoms with Crippen LogP contribution in [0.5, 0.6) is 11.5 Å². The monoisotopic (exact) mass is 436 g/mol. The summed E-state index contributed by atoms with van der Waals surface area (Å²) < 4.78 is 11.7. The maximum atomic E-state index is 11.2. The van der Waals surface area contributed by atoms with Gasteiger partial charge in [-0.2, -0.15) is 0 Å². The lowest BCUT2D eigenvalue weighted by Gasteiger charge is -2.13. The number of hydrogen-bond donors (Lipinski definition) is 4. The number of carbonyl (C=O) groups is 2. The number of rotatable bonds is 10. The van der Waals surface area contributed by atoms with Crippen LogP contribution >= 0.6 is 0 Å². The summed E-state index contributed by atoms with van der Waals surface area (Å²) in [6.07, 6.45) is 0.180. The highest BCUT2D eigenvalue weighted by Crippen LogP contribution is 2.19. The zero-order valence-electron chi connectivity index (χ0n) is 17.3. The molecule has 3 aromatic carbocycles. The molecule has 3 aromatic rings. The van der Waals surface area contributed by atoms with E-state index in [1.807, 2.05) is 24.3 Å². The van der Waals surface area contributed by atoms with Crippen LogP contribution in [0.3, 0.4) is 0 Å². The summed E-state index contributed by atoms with van der Waals surface area (Å²) in [5.41, 5.74) is 6.71. The molecule has 166 valence electrons. The van der Waals surface area contributed by atoms with Gasteiger partial charge in [0.05, 0.1) is 12.8 Å².